The summed E-state index contributed by atoms with van der Waals surface area (Å²) in [7, 11) is -3.74. The van der Waals surface area contributed by atoms with E-state index < -0.39 is 22.2 Å². The first-order chi connectivity index (χ1) is 21.4. The lowest BCUT2D eigenvalue weighted by Gasteiger charge is -2.36. The van der Waals surface area contributed by atoms with Gasteiger partial charge < -0.3 is 15.0 Å². The van der Waals surface area contributed by atoms with E-state index in [2.05, 4.69) is 5.32 Å². The summed E-state index contributed by atoms with van der Waals surface area (Å²) in [5, 5.41) is 6.72. The zero-order chi connectivity index (χ0) is 30.5. The minimum absolute atomic E-state index is 0.0782. The van der Waals surface area contributed by atoms with Crippen molar-refractivity contribution in [1.82, 2.24) is 14.5 Å². The molecule has 1 N–H and O–H groups in total. The third kappa shape index (κ3) is 6.59. The molecule has 9 heteroatoms. The van der Waals surface area contributed by atoms with Crippen LogP contribution in [0.25, 0.3) is 21.5 Å². The fourth-order valence-electron chi connectivity index (χ4n) is 5.55. The summed E-state index contributed by atoms with van der Waals surface area (Å²) in [5.74, 6) is -0.280. The molecule has 224 valence electrons. The number of fused-ring (bicyclic) bond motifs is 2. The van der Waals surface area contributed by atoms with Crippen LogP contribution in [0.5, 0.6) is 0 Å². The van der Waals surface area contributed by atoms with Crippen LogP contribution in [0.2, 0.25) is 0 Å². The molecule has 0 unspecified atom stereocenters. The summed E-state index contributed by atoms with van der Waals surface area (Å²) in [4.78, 5) is 28.5. The highest BCUT2D eigenvalue weighted by molar-refractivity contribution is 7.89. The summed E-state index contributed by atoms with van der Waals surface area (Å²) < 4.78 is 33.8. The van der Waals surface area contributed by atoms with Gasteiger partial charge in [-0.15, -0.1) is 0 Å². The highest BCUT2D eigenvalue weighted by Gasteiger charge is 2.33. The second-order valence-corrected chi connectivity index (χ2v) is 12.8. The summed E-state index contributed by atoms with van der Waals surface area (Å²) in [6.45, 7) is 0.806. The minimum atomic E-state index is -3.74. The van der Waals surface area contributed by atoms with E-state index in [9.17, 15) is 18.0 Å². The third-order valence-corrected chi connectivity index (χ3v) is 9.86. The van der Waals surface area contributed by atoms with E-state index in [1.54, 1.807) is 17.0 Å². The van der Waals surface area contributed by atoms with Gasteiger partial charge in [0.25, 0.3) is 0 Å². The SMILES string of the molecule is O=C(N[C@H](Cc1ccc2ccccc2c1)C(=O)N1CCN(S(=O)(=O)c2ccc3ccccc3c2)CC1)OCc1ccccc1. The minimum Gasteiger partial charge on any atom is -0.445 e. The first kappa shape index (κ1) is 29.3. The molecule has 0 aromatic heterocycles. The molecule has 2 amide bonds. The van der Waals surface area contributed by atoms with Crippen LogP contribution in [0.1, 0.15) is 11.1 Å². The molecule has 1 aliphatic heterocycles. The van der Waals surface area contributed by atoms with E-state index in [-0.39, 0.29) is 50.0 Å². The smallest absolute Gasteiger partial charge is 0.408 e. The van der Waals surface area contributed by atoms with Gasteiger partial charge in [0.15, 0.2) is 0 Å². The Kier molecular flexibility index (Phi) is 8.58. The van der Waals surface area contributed by atoms with E-state index in [1.165, 1.54) is 4.31 Å². The number of nitrogens with zero attached hydrogens (tertiary/aromatic N) is 2. The molecule has 5 aromatic carbocycles. The predicted octanol–water partition coefficient (Wildman–Crippen LogP) is 5.36. The number of alkyl carbamates (subject to hydrolysis) is 1. The van der Waals surface area contributed by atoms with Crippen LogP contribution in [0, 0.1) is 0 Å². The van der Waals surface area contributed by atoms with E-state index in [1.807, 2.05) is 103 Å². The van der Waals surface area contributed by atoms with Crippen molar-refractivity contribution in [2.75, 3.05) is 26.2 Å². The first-order valence-electron chi connectivity index (χ1n) is 14.6. The van der Waals surface area contributed by atoms with Gasteiger partial charge in [-0.2, -0.15) is 4.31 Å². The van der Waals surface area contributed by atoms with Gasteiger partial charge in [-0.05, 0) is 44.8 Å². The maximum absolute atomic E-state index is 13.8. The second-order valence-electron chi connectivity index (χ2n) is 10.9. The van der Waals surface area contributed by atoms with Gasteiger partial charge in [-0.25, -0.2) is 13.2 Å². The standard InChI is InChI=1S/C35H33N3O5S/c39-34(37-18-20-38(21-19-37)44(41,42)32-17-16-29-11-5-7-13-31(29)24-32)33(36-35(40)43-25-26-8-2-1-3-9-26)23-27-14-15-28-10-4-6-12-30(28)22-27/h1-17,22,24,33H,18-21,23,25H2,(H,36,40)/t33-/m1/s1. The van der Waals surface area contributed by atoms with Crippen LogP contribution in [0.15, 0.2) is 120 Å². The zero-order valence-electron chi connectivity index (χ0n) is 24.1. The van der Waals surface area contributed by atoms with Crippen molar-refractivity contribution in [2.45, 2.75) is 24.0 Å². The second kappa shape index (κ2) is 12.9. The predicted molar refractivity (Wildman–Crippen MR) is 170 cm³/mol. The largest absolute Gasteiger partial charge is 0.445 e. The average Bonchev–Trinajstić information content (AvgIpc) is 3.07. The molecule has 5 aromatic rings. The number of carbonyl (C=O) groups excluding carboxylic acids is 2. The molecule has 44 heavy (non-hydrogen) atoms. The molecule has 1 aliphatic rings. The van der Waals surface area contributed by atoms with Crippen LogP contribution in [0.4, 0.5) is 4.79 Å². The molecule has 1 fully saturated rings. The lowest BCUT2D eigenvalue weighted by Crippen LogP contribution is -2.56. The maximum Gasteiger partial charge on any atom is 0.408 e. The number of piperazine rings is 1. The third-order valence-electron chi connectivity index (χ3n) is 7.97. The quantitative estimate of drug-likeness (QED) is 0.256. The Bertz CT molecular complexity index is 1900. The Morgan fingerprint density at radius 3 is 1.95 bits per heavy atom. The fraction of sp³-hybridized carbons (Fsp3) is 0.200. The van der Waals surface area contributed by atoms with Crippen molar-refractivity contribution in [3.8, 4) is 0 Å². The Morgan fingerprint density at radius 1 is 0.682 bits per heavy atom. The molecule has 6 rings (SSSR count). The molecule has 0 aliphatic carbocycles. The van der Waals surface area contributed by atoms with Crippen LogP contribution in [-0.4, -0.2) is 61.8 Å². The number of amides is 2. The lowest BCUT2D eigenvalue weighted by molar-refractivity contribution is -0.134. The van der Waals surface area contributed by atoms with Crippen LogP contribution in [0.3, 0.4) is 0 Å². The van der Waals surface area contributed by atoms with E-state index in [4.69, 9.17) is 4.74 Å². The average molecular weight is 608 g/mol. The van der Waals surface area contributed by atoms with Gasteiger partial charge in [0, 0.05) is 32.6 Å². The van der Waals surface area contributed by atoms with Gasteiger partial charge in [0.1, 0.15) is 12.6 Å². The molecular weight excluding hydrogens is 574 g/mol. The van der Waals surface area contributed by atoms with Crippen molar-refractivity contribution in [3.05, 3.63) is 126 Å². The summed E-state index contributed by atoms with van der Waals surface area (Å²) in [6, 6.07) is 35.1. The number of ether oxygens (including phenoxy) is 1. The van der Waals surface area contributed by atoms with E-state index >= 15 is 0 Å². The number of hydrogen-bond donors (Lipinski definition) is 1. The summed E-state index contributed by atoms with van der Waals surface area (Å²) >= 11 is 0. The highest BCUT2D eigenvalue weighted by Crippen LogP contribution is 2.23. The molecule has 0 bridgehead atoms. The highest BCUT2D eigenvalue weighted by atomic mass is 32.2. The lowest BCUT2D eigenvalue weighted by atomic mass is 10.0. The van der Waals surface area contributed by atoms with Gasteiger partial charge in [0.2, 0.25) is 15.9 Å². The Morgan fingerprint density at radius 2 is 1.27 bits per heavy atom. The van der Waals surface area contributed by atoms with Crippen LogP contribution >= 0.6 is 0 Å². The van der Waals surface area contributed by atoms with Crippen LogP contribution < -0.4 is 5.32 Å². The molecule has 1 atom stereocenters. The first-order valence-corrected chi connectivity index (χ1v) is 16.0. The summed E-state index contributed by atoms with van der Waals surface area (Å²) in [5.41, 5.74) is 1.73. The van der Waals surface area contributed by atoms with Crippen molar-refractivity contribution < 1.29 is 22.7 Å². The fourth-order valence-corrected chi connectivity index (χ4v) is 7.01. The molecule has 1 saturated heterocycles. The molecule has 1 heterocycles. The zero-order valence-corrected chi connectivity index (χ0v) is 25.0. The molecule has 0 radical (unpaired) electrons. The number of benzene rings is 5. The van der Waals surface area contributed by atoms with Crippen molar-refractivity contribution in [3.63, 3.8) is 0 Å². The molecule has 0 spiro atoms. The number of hydrogen-bond acceptors (Lipinski definition) is 5. The molecule has 0 saturated carbocycles. The Labute approximate surface area is 256 Å². The Hall–Kier alpha value is -4.73. The van der Waals surface area contributed by atoms with Crippen molar-refractivity contribution >= 4 is 43.6 Å². The Balaban J connectivity index is 1.15. The normalized spacial score (nSPS) is 14.8. The maximum atomic E-state index is 13.8. The van der Waals surface area contributed by atoms with Gasteiger partial charge >= 0.3 is 6.09 Å². The van der Waals surface area contributed by atoms with Gasteiger partial charge in [-0.1, -0.05) is 103 Å². The van der Waals surface area contributed by atoms with Crippen molar-refractivity contribution in [1.29, 1.82) is 0 Å². The number of sulfonamides is 1. The number of carbonyl (C=O) groups is 2. The summed E-state index contributed by atoms with van der Waals surface area (Å²) in [6.07, 6.45) is -0.426. The van der Waals surface area contributed by atoms with Gasteiger partial charge in [0.05, 0.1) is 4.90 Å². The molecule has 8 nitrogen and oxygen atoms in total. The van der Waals surface area contributed by atoms with Gasteiger partial charge in [-0.3, -0.25) is 4.79 Å². The van der Waals surface area contributed by atoms with E-state index in [0.29, 0.717) is 0 Å². The number of rotatable bonds is 8. The van der Waals surface area contributed by atoms with Crippen LogP contribution in [-0.2, 0) is 32.6 Å². The number of nitrogens with one attached hydrogen (secondary N) is 1. The molecular formula is C35H33N3O5S. The van der Waals surface area contributed by atoms with E-state index in [0.717, 1.165) is 32.7 Å². The van der Waals surface area contributed by atoms with Crippen molar-refractivity contribution in [2.24, 2.45) is 0 Å². The topological polar surface area (TPSA) is 96.0 Å². The monoisotopic (exact) mass is 607 g/mol.